The third kappa shape index (κ3) is 6.28. The molecule has 4 N–H and O–H groups in total. The second-order valence-electron chi connectivity index (χ2n) is 8.52. The molecule has 1 aliphatic rings. The number of halogens is 5. The summed E-state index contributed by atoms with van der Waals surface area (Å²) in [4.78, 5) is 30.1. The molecule has 0 spiro atoms. The number of aromatic nitrogens is 1. The van der Waals surface area contributed by atoms with Crippen molar-refractivity contribution in [1.82, 2.24) is 9.88 Å². The van der Waals surface area contributed by atoms with Crippen LogP contribution in [0.4, 0.5) is 44.8 Å². The Kier molecular flexibility index (Phi) is 7.65. The van der Waals surface area contributed by atoms with Gasteiger partial charge >= 0.3 is 12.1 Å². The molecule has 0 bridgehead atoms. The molecule has 2 heterocycles. The molecule has 0 saturated carbocycles. The molecule has 2 amide bonds. The summed E-state index contributed by atoms with van der Waals surface area (Å²) < 4.78 is 65.4. The summed E-state index contributed by atoms with van der Waals surface area (Å²) in [5.74, 6) is -3.46. The topological polar surface area (TPSA) is 104 Å². The van der Waals surface area contributed by atoms with E-state index >= 15 is 0 Å². The number of primary amides is 1. The van der Waals surface area contributed by atoms with Crippen LogP contribution in [0.2, 0.25) is 0 Å². The van der Waals surface area contributed by atoms with Gasteiger partial charge in [-0.25, -0.2) is 13.8 Å². The van der Waals surface area contributed by atoms with Crippen LogP contribution in [-0.2, 0) is 11.3 Å². The predicted molar refractivity (Wildman–Crippen MR) is 131 cm³/mol. The predicted octanol–water partition coefficient (Wildman–Crippen LogP) is 4.03. The number of hydrogen-bond donors (Lipinski definition) is 3. The molecular formula is C25H23F5N6O2. The van der Waals surface area contributed by atoms with E-state index in [1.54, 1.807) is 24.3 Å². The number of carbonyl (C=O) groups is 2. The molecule has 1 aliphatic heterocycles. The summed E-state index contributed by atoms with van der Waals surface area (Å²) >= 11 is 0. The summed E-state index contributed by atoms with van der Waals surface area (Å²) in [5.41, 5.74) is 7.20. The van der Waals surface area contributed by atoms with E-state index in [9.17, 15) is 31.5 Å². The van der Waals surface area contributed by atoms with Gasteiger partial charge in [0.1, 0.15) is 17.5 Å². The van der Waals surface area contributed by atoms with Gasteiger partial charge in [0.2, 0.25) is 0 Å². The number of piperazine rings is 1. The standard InChI is InChI=1S/C25H23F5N6O2/c26-16-1-6-20(27)15(11-16)13-32-21-12-22(33-14-19(21)23(31)37)34-17-2-4-18(5-3-17)35-7-9-36(10-8-35)24(38)25(28,29)30/h1-6,11-12,14H,7-10,13H2,(H2,31,37)(H2,32,33,34). The Morgan fingerprint density at radius 2 is 1.66 bits per heavy atom. The average Bonchev–Trinajstić information content (AvgIpc) is 2.89. The third-order valence-corrected chi connectivity index (χ3v) is 5.96. The number of rotatable bonds is 7. The lowest BCUT2D eigenvalue weighted by molar-refractivity contribution is -0.185. The van der Waals surface area contributed by atoms with Crippen molar-refractivity contribution in [3.63, 3.8) is 0 Å². The van der Waals surface area contributed by atoms with E-state index in [-0.39, 0.29) is 49.5 Å². The summed E-state index contributed by atoms with van der Waals surface area (Å²) in [7, 11) is 0. The minimum absolute atomic E-state index is 0.0379. The average molecular weight is 534 g/mol. The fourth-order valence-electron chi connectivity index (χ4n) is 3.99. The number of alkyl halides is 3. The first-order chi connectivity index (χ1) is 18.0. The second kappa shape index (κ2) is 10.9. The van der Waals surface area contributed by atoms with E-state index in [4.69, 9.17) is 5.73 Å². The number of benzene rings is 2. The highest BCUT2D eigenvalue weighted by Crippen LogP contribution is 2.26. The van der Waals surface area contributed by atoms with Crippen molar-refractivity contribution in [3.8, 4) is 0 Å². The van der Waals surface area contributed by atoms with Crippen molar-refractivity contribution in [2.45, 2.75) is 12.7 Å². The van der Waals surface area contributed by atoms with Crippen molar-refractivity contribution in [3.05, 3.63) is 77.5 Å². The lowest BCUT2D eigenvalue weighted by Crippen LogP contribution is -2.52. The normalized spacial score (nSPS) is 13.8. The first kappa shape index (κ1) is 26.6. The van der Waals surface area contributed by atoms with Crippen LogP contribution in [0.15, 0.2) is 54.7 Å². The zero-order chi connectivity index (χ0) is 27.4. The molecule has 0 unspecified atom stereocenters. The molecule has 0 aliphatic carbocycles. The van der Waals surface area contributed by atoms with Crippen LogP contribution in [-0.4, -0.2) is 54.1 Å². The number of nitrogens with one attached hydrogen (secondary N) is 2. The van der Waals surface area contributed by atoms with Gasteiger partial charge in [0.15, 0.2) is 0 Å². The molecule has 1 aromatic heterocycles. The van der Waals surface area contributed by atoms with Gasteiger partial charge in [-0.3, -0.25) is 9.59 Å². The van der Waals surface area contributed by atoms with Crippen molar-refractivity contribution >= 4 is 34.7 Å². The number of carbonyl (C=O) groups excluding carboxylic acids is 2. The summed E-state index contributed by atoms with van der Waals surface area (Å²) in [6.45, 7) is 0.328. The molecule has 1 saturated heterocycles. The molecular weight excluding hydrogens is 511 g/mol. The molecule has 0 radical (unpaired) electrons. The maximum atomic E-state index is 14.0. The van der Waals surface area contributed by atoms with Crippen LogP contribution in [0.25, 0.3) is 0 Å². The molecule has 8 nitrogen and oxygen atoms in total. The van der Waals surface area contributed by atoms with E-state index in [0.717, 1.165) is 28.8 Å². The Morgan fingerprint density at radius 3 is 2.29 bits per heavy atom. The monoisotopic (exact) mass is 534 g/mol. The lowest BCUT2D eigenvalue weighted by Gasteiger charge is -2.36. The highest BCUT2D eigenvalue weighted by Gasteiger charge is 2.43. The third-order valence-electron chi connectivity index (χ3n) is 5.96. The molecule has 38 heavy (non-hydrogen) atoms. The highest BCUT2D eigenvalue weighted by atomic mass is 19.4. The van der Waals surface area contributed by atoms with Crippen molar-refractivity contribution in [1.29, 1.82) is 0 Å². The lowest BCUT2D eigenvalue weighted by atomic mass is 10.1. The van der Waals surface area contributed by atoms with Gasteiger partial charge in [-0.1, -0.05) is 0 Å². The summed E-state index contributed by atoms with van der Waals surface area (Å²) in [6.07, 6.45) is -3.63. The maximum Gasteiger partial charge on any atom is 0.471 e. The zero-order valence-electron chi connectivity index (χ0n) is 19.9. The largest absolute Gasteiger partial charge is 0.471 e. The number of pyridine rings is 1. The maximum absolute atomic E-state index is 14.0. The van der Waals surface area contributed by atoms with Crippen LogP contribution in [0.1, 0.15) is 15.9 Å². The van der Waals surface area contributed by atoms with Gasteiger partial charge in [-0.2, -0.15) is 13.2 Å². The fourth-order valence-corrected chi connectivity index (χ4v) is 3.99. The van der Waals surface area contributed by atoms with Crippen molar-refractivity contribution in [2.24, 2.45) is 5.73 Å². The Morgan fingerprint density at radius 1 is 0.974 bits per heavy atom. The van der Waals surface area contributed by atoms with Gasteiger partial charge in [0, 0.05) is 61.9 Å². The number of nitrogens with two attached hydrogens (primary N) is 1. The number of amides is 2. The Bertz CT molecular complexity index is 1320. The van der Waals surface area contributed by atoms with Crippen molar-refractivity contribution < 1.29 is 31.5 Å². The molecule has 3 aromatic rings. The van der Waals surface area contributed by atoms with Crippen LogP contribution in [0, 0.1) is 11.6 Å². The van der Waals surface area contributed by atoms with Crippen LogP contribution in [0.3, 0.4) is 0 Å². The zero-order valence-corrected chi connectivity index (χ0v) is 19.9. The highest BCUT2D eigenvalue weighted by molar-refractivity contribution is 5.98. The van der Waals surface area contributed by atoms with E-state index in [2.05, 4.69) is 15.6 Å². The number of nitrogens with zero attached hydrogens (tertiary/aromatic N) is 3. The molecule has 200 valence electrons. The quantitative estimate of drug-likeness (QED) is 0.396. The van der Waals surface area contributed by atoms with Gasteiger partial charge in [-0.05, 0) is 42.5 Å². The van der Waals surface area contributed by atoms with Crippen molar-refractivity contribution in [2.75, 3.05) is 41.7 Å². The molecule has 0 atom stereocenters. The Labute approximate surface area is 214 Å². The molecule has 4 rings (SSSR count). The fraction of sp³-hybridized carbons (Fsp3) is 0.240. The Balaban J connectivity index is 1.41. The van der Waals surface area contributed by atoms with Crippen LogP contribution < -0.4 is 21.3 Å². The molecule has 1 fully saturated rings. The first-order valence-corrected chi connectivity index (χ1v) is 11.5. The van der Waals surface area contributed by atoms with Gasteiger partial charge in [0.05, 0.1) is 11.3 Å². The van der Waals surface area contributed by atoms with Crippen LogP contribution in [0.5, 0.6) is 0 Å². The smallest absolute Gasteiger partial charge is 0.380 e. The van der Waals surface area contributed by atoms with E-state index < -0.39 is 29.6 Å². The SMILES string of the molecule is NC(=O)c1cnc(Nc2ccc(N3CCN(C(=O)C(F)(F)F)CC3)cc2)cc1NCc1cc(F)ccc1F. The summed E-state index contributed by atoms with van der Waals surface area (Å²) in [6, 6.07) is 11.6. The second-order valence-corrected chi connectivity index (χ2v) is 8.52. The van der Waals surface area contributed by atoms with Gasteiger partial charge < -0.3 is 26.2 Å². The minimum Gasteiger partial charge on any atom is -0.380 e. The first-order valence-electron chi connectivity index (χ1n) is 11.5. The van der Waals surface area contributed by atoms with E-state index in [0.29, 0.717) is 11.5 Å². The van der Waals surface area contributed by atoms with Gasteiger partial charge in [-0.15, -0.1) is 0 Å². The van der Waals surface area contributed by atoms with Gasteiger partial charge in [0.25, 0.3) is 5.91 Å². The molecule has 13 heteroatoms. The Hall–Kier alpha value is -4.42. The van der Waals surface area contributed by atoms with E-state index in [1.165, 1.54) is 12.3 Å². The van der Waals surface area contributed by atoms with E-state index in [1.807, 2.05) is 4.90 Å². The minimum atomic E-state index is -4.88. The number of hydrogen-bond acceptors (Lipinski definition) is 6. The molecule has 2 aromatic carbocycles. The summed E-state index contributed by atoms with van der Waals surface area (Å²) in [5, 5.41) is 5.95. The number of anilines is 4. The van der Waals surface area contributed by atoms with Crippen LogP contribution >= 0.6 is 0 Å².